The number of imidazole rings is 1. The van der Waals surface area contributed by atoms with Gasteiger partial charge in [-0.25, -0.2) is 4.98 Å². The summed E-state index contributed by atoms with van der Waals surface area (Å²) in [4.78, 5) is 12.4. The lowest BCUT2D eigenvalue weighted by Gasteiger charge is -2.34. The predicted molar refractivity (Wildman–Crippen MR) is 112 cm³/mol. The zero-order valence-corrected chi connectivity index (χ0v) is 17.7. The first-order valence-corrected chi connectivity index (χ1v) is 9.68. The largest absolute Gasteiger partial charge is 0.378 e. The number of likely N-dealkylation sites (tertiary alicyclic amines) is 1. The van der Waals surface area contributed by atoms with Crippen LogP contribution in [0.3, 0.4) is 0 Å². The molecule has 2 aromatic rings. The Hall–Kier alpha value is -0.870. The fraction of sp³-hybridized carbons (Fsp3) is 0.647. The monoisotopic (exact) mass is 475 g/mol. The molecule has 1 saturated heterocycles. The van der Waals surface area contributed by atoms with Gasteiger partial charge in [-0.2, -0.15) is 0 Å². The van der Waals surface area contributed by atoms with Crippen LogP contribution in [-0.4, -0.2) is 53.1 Å². The summed E-state index contributed by atoms with van der Waals surface area (Å²) in [7, 11) is 1.85. The molecule has 0 amide bonds. The molecule has 2 aromatic heterocycles. The van der Waals surface area contributed by atoms with Gasteiger partial charge in [0, 0.05) is 44.5 Å². The van der Waals surface area contributed by atoms with Gasteiger partial charge in [0.1, 0.15) is 0 Å². The summed E-state index contributed by atoms with van der Waals surface area (Å²) in [6, 6.07) is 0. The van der Waals surface area contributed by atoms with Crippen LogP contribution in [0, 0.1) is 5.92 Å². The Balaban J connectivity index is 0.00000182. The molecule has 0 radical (unpaired) electrons. The molecule has 6 nitrogen and oxygen atoms in total. The third-order valence-electron chi connectivity index (χ3n) is 4.79. The Kier molecular flexibility index (Phi) is 6.56. The number of hydrogen-bond donors (Lipinski definition) is 1. The summed E-state index contributed by atoms with van der Waals surface area (Å²) in [6.07, 6.45) is 9.45. The molecule has 2 aliphatic rings. The van der Waals surface area contributed by atoms with E-state index in [2.05, 4.69) is 30.8 Å². The van der Waals surface area contributed by atoms with Gasteiger partial charge in [-0.15, -0.1) is 35.3 Å². The van der Waals surface area contributed by atoms with Crippen molar-refractivity contribution in [2.75, 3.05) is 26.7 Å². The number of ether oxygens (including phenoxy) is 1. The lowest BCUT2D eigenvalue weighted by Crippen LogP contribution is -2.46. The summed E-state index contributed by atoms with van der Waals surface area (Å²) in [6.45, 7) is 3.69. The van der Waals surface area contributed by atoms with Crippen LogP contribution in [0.15, 0.2) is 22.8 Å². The summed E-state index contributed by atoms with van der Waals surface area (Å²) in [5.74, 6) is 1.81. The maximum Gasteiger partial charge on any atom is 0.193 e. The first kappa shape index (κ1) is 18.9. The average molecular weight is 475 g/mol. The van der Waals surface area contributed by atoms with Gasteiger partial charge in [0.2, 0.25) is 0 Å². The van der Waals surface area contributed by atoms with Crippen molar-refractivity contribution in [1.82, 2.24) is 19.6 Å². The van der Waals surface area contributed by atoms with Crippen LogP contribution in [-0.2, 0) is 11.3 Å². The second-order valence-electron chi connectivity index (χ2n) is 6.69. The van der Waals surface area contributed by atoms with Crippen LogP contribution in [0.25, 0.3) is 4.96 Å². The zero-order chi connectivity index (χ0) is 16.4. The quantitative estimate of drug-likeness (QED) is 0.411. The van der Waals surface area contributed by atoms with E-state index in [1.807, 2.05) is 18.6 Å². The number of hydrogen-bond acceptors (Lipinski definition) is 4. The van der Waals surface area contributed by atoms with E-state index in [9.17, 15) is 0 Å². The number of thiazole rings is 1. The number of aliphatic imine (C=N–C) groups is 1. The highest BCUT2D eigenvalue weighted by Gasteiger charge is 2.26. The van der Waals surface area contributed by atoms with E-state index < -0.39 is 0 Å². The van der Waals surface area contributed by atoms with Crippen molar-refractivity contribution >= 4 is 46.2 Å². The minimum Gasteiger partial charge on any atom is -0.378 e. The molecule has 1 saturated carbocycles. The fourth-order valence-corrected chi connectivity index (χ4v) is 3.87. The highest BCUT2D eigenvalue weighted by atomic mass is 127. The molecule has 0 atom stereocenters. The minimum atomic E-state index is 0. The van der Waals surface area contributed by atoms with E-state index in [0.29, 0.717) is 12.6 Å². The number of aromatic nitrogens is 2. The number of piperidine rings is 1. The standard InChI is InChI=1S/C17H25N5OS.HI/c1-18-16(19-10-14-11-22-8-9-24-17(22)20-14)21-6-4-15(5-7-21)23-12-13-2-3-13;/h8-9,11,13,15H,2-7,10,12H2,1H3,(H,18,19);1H. The Bertz CT molecular complexity index is 674. The maximum atomic E-state index is 6.02. The van der Waals surface area contributed by atoms with Crippen molar-refractivity contribution in [3.63, 3.8) is 0 Å². The molecule has 0 spiro atoms. The van der Waals surface area contributed by atoms with Crippen molar-refractivity contribution in [2.24, 2.45) is 10.9 Å². The first-order chi connectivity index (χ1) is 11.8. The number of fused-ring (bicyclic) bond motifs is 1. The topological polar surface area (TPSA) is 54.2 Å². The Labute approximate surface area is 169 Å². The van der Waals surface area contributed by atoms with Crippen LogP contribution in [0.5, 0.6) is 0 Å². The van der Waals surface area contributed by atoms with Crippen molar-refractivity contribution in [2.45, 2.75) is 38.3 Å². The highest BCUT2D eigenvalue weighted by Crippen LogP contribution is 2.30. The number of nitrogens with one attached hydrogen (secondary N) is 1. The second kappa shape index (κ2) is 8.68. The summed E-state index contributed by atoms with van der Waals surface area (Å²) in [5.41, 5.74) is 1.05. The van der Waals surface area contributed by atoms with Gasteiger partial charge in [0.15, 0.2) is 10.9 Å². The van der Waals surface area contributed by atoms with Crippen molar-refractivity contribution < 1.29 is 4.74 Å². The molecule has 1 N–H and O–H groups in total. The fourth-order valence-electron chi connectivity index (χ4n) is 3.15. The van der Waals surface area contributed by atoms with E-state index in [1.54, 1.807) is 11.3 Å². The maximum absolute atomic E-state index is 6.02. The molecule has 0 unspecified atom stereocenters. The average Bonchev–Trinajstić information content (AvgIpc) is 3.20. The van der Waals surface area contributed by atoms with Crippen molar-refractivity contribution in [1.29, 1.82) is 0 Å². The van der Waals surface area contributed by atoms with Gasteiger partial charge >= 0.3 is 0 Å². The number of nitrogens with zero attached hydrogens (tertiary/aromatic N) is 4. The third-order valence-corrected chi connectivity index (χ3v) is 5.56. The first-order valence-electron chi connectivity index (χ1n) is 8.80. The van der Waals surface area contributed by atoms with Crippen LogP contribution < -0.4 is 5.32 Å². The molecule has 4 rings (SSSR count). The Morgan fingerprint density at radius 3 is 2.84 bits per heavy atom. The Morgan fingerprint density at radius 2 is 2.16 bits per heavy atom. The normalized spacial score (nSPS) is 19.2. The molecule has 2 fully saturated rings. The van der Waals surface area contributed by atoms with Gasteiger partial charge in [-0.1, -0.05) is 0 Å². The van der Waals surface area contributed by atoms with Crippen molar-refractivity contribution in [3.8, 4) is 0 Å². The van der Waals surface area contributed by atoms with Gasteiger partial charge in [-0.3, -0.25) is 9.39 Å². The van der Waals surface area contributed by atoms with Crippen molar-refractivity contribution in [3.05, 3.63) is 23.5 Å². The smallest absolute Gasteiger partial charge is 0.193 e. The molecular formula is C17H26IN5OS. The Morgan fingerprint density at radius 1 is 1.36 bits per heavy atom. The molecular weight excluding hydrogens is 449 g/mol. The SMILES string of the molecule is CN=C(NCc1cn2ccsc2n1)N1CCC(OCC2CC2)CC1.I. The molecule has 1 aliphatic heterocycles. The van der Waals surface area contributed by atoms with Crippen LogP contribution in [0.4, 0.5) is 0 Å². The van der Waals surface area contributed by atoms with Gasteiger partial charge in [0.25, 0.3) is 0 Å². The molecule has 25 heavy (non-hydrogen) atoms. The molecule has 0 bridgehead atoms. The van der Waals surface area contributed by atoms with E-state index in [-0.39, 0.29) is 24.0 Å². The second-order valence-corrected chi connectivity index (χ2v) is 7.56. The van der Waals surface area contributed by atoms with E-state index >= 15 is 0 Å². The summed E-state index contributed by atoms with van der Waals surface area (Å²) < 4.78 is 8.09. The third kappa shape index (κ3) is 4.85. The van der Waals surface area contributed by atoms with E-state index in [4.69, 9.17) is 4.74 Å². The lowest BCUT2D eigenvalue weighted by molar-refractivity contribution is 0.0131. The van der Waals surface area contributed by atoms with Crippen LogP contribution in [0.2, 0.25) is 0 Å². The lowest BCUT2D eigenvalue weighted by atomic mass is 10.1. The van der Waals surface area contributed by atoms with E-state index in [0.717, 1.165) is 55.1 Å². The highest BCUT2D eigenvalue weighted by molar-refractivity contribution is 14.0. The molecule has 3 heterocycles. The van der Waals surface area contributed by atoms with Crippen LogP contribution >= 0.6 is 35.3 Å². The molecule has 138 valence electrons. The molecule has 1 aliphatic carbocycles. The van der Waals surface area contributed by atoms with Gasteiger partial charge < -0.3 is 15.0 Å². The number of guanidine groups is 1. The van der Waals surface area contributed by atoms with Gasteiger partial charge in [-0.05, 0) is 31.6 Å². The van der Waals surface area contributed by atoms with Gasteiger partial charge in [0.05, 0.1) is 18.3 Å². The summed E-state index contributed by atoms with van der Waals surface area (Å²) in [5, 5.41) is 5.49. The minimum absolute atomic E-state index is 0. The predicted octanol–water partition coefficient (Wildman–Crippen LogP) is 2.98. The summed E-state index contributed by atoms with van der Waals surface area (Å²) >= 11 is 1.66. The number of rotatable bonds is 5. The number of halogens is 1. The molecule has 8 heteroatoms. The van der Waals surface area contributed by atoms with E-state index in [1.165, 1.54) is 12.8 Å². The van der Waals surface area contributed by atoms with Crippen LogP contribution in [0.1, 0.15) is 31.4 Å². The molecule has 0 aromatic carbocycles. The zero-order valence-electron chi connectivity index (χ0n) is 14.6.